The number of likely N-dealkylation sites (tertiary alicyclic amines) is 1. The van der Waals surface area contributed by atoms with E-state index >= 15 is 0 Å². The highest BCUT2D eigenvalue weighted by atomic mass is 16.6. The zero-order chi connectivity index (χ0) is 17.1. The molecule has 0 spiro atoms. The summed E-state index contributed by atoms with van der Waals surface area (Å²) in [7, 11) is 2.21. The van der Waals surface area contributed by atoms with Crippen LogP contribution in [0.25, 0.3) is 0 Å². The SMILES string of the molecule is CN1CCC(C)(CNC2CCC(NC(=O)OC(C)(C)C)C2)CC1. The Kier molecular flexibility index (Phi) is 5.95. The number of rotatable bonds is 4. The largest absolute Gasteiger partial charge is 0.444 e. The van der Waals surface area contributed by atoms with Crippen LogP contribution in [0.5, 0.6) is 0 Å². The summed E-state index contributed by atoms with van der Waals surface area (Å²) < 4.78 is 5.34. The number of carbonyl (C=O) groups excluding carboxylic acids is 1. The van der Waals surface area contributed by atoms with Gasteiger partial charge in [-0.05, 0) is 78.4 Å². The summed E-state index contributed by atoms with van der Waals surface area (Å²) in [5.41, 5.74) is -0.00767. The maximum Gasteiger partial charge on any atom is 0.407 e. The monoisotopic (exact) mass is 325 g/mol. The first-order valence-corrected chi connectivity index (χ1v) is 9.07. The first-order valence-electron chi connectivity index (χ1n) is 9.07. The van der Waals surface area contributed by atoms with E-state index in [9.17, 15) is 4.79 Å². The molecule has 0 bridgehead atoms. The van der Waals surface area contributed by atoms with Crippen LogP contribution < -0.4 is 10.6 Å². The number of amides is 1. The minimum absolute atomic E-state index is 0.243. The summed E-state index contributed by atoms with van der Waals surface area (Å²) in [6.07, 6.45) is 5.43. The van der Waals surface area contributed by atoms with Crippen LogP contribution in [-0.4, -0.2) is 55.4 Å². The second-order valence-corrected chi connectivity index (χ2v) is 8.85. The molecule has 23 heavy (non-hydrogen) atoms. The maximum absolute atomic E-state index is 11.8. The molecule has 0 aromatic heterocycles. The van der Waals surface area contributed by atoms with Crippen LogP contribution in [0.15, 0.2) is 0 Å². The molecule has 1 saturated carbocycles. The van der Waals surface area contributed by atoms with Crippen molar-refractivity contribution in [1.29, 1.82) is 0 Å². The third kappa shape index (κ3) is 6.30. The van der Waals surface area contributed by atoms with Crippen LogP contribution in [-0.2, 0) is 4.74 Å². The Balaban J connectivity index is 1.68. The fourth-order valence-electron chi connectivity index (χ4n) is 3.50. The van der Waals surface area contributed by atoms with Crippen molar-refractivity contribution < 1.29 is 9.53 Å². The molecule has 1 saturated heterocycles. The lowest BCUT2D eigenvalue weighted by atomic mass is 9.80. The van der Waals surface area contributed by atoms with Crippen molar-refractivity contribution in [2.24, 2.45) is 5.41 Å². The topological polar surface area (TPSA) is 53.6 Å². The summed E-state index contributed by atoms with van der Waals surface area (Å²) in [6.45, 7) is 11.6. The molecule has 134 valence electrons. The van der Waals surface area contributed by atoms with Gasteiger partial charge in [-0.25, -0.2) is 4.79 Å². The van der Waals surface area contributed by atoms with Crippen LogP contribution in [0.2, 0.25) is 0 Å². The van der Waals surface area contributed by atoms with E-state index in [2.05, 4.69) is 29.5 Å². The standard InChI is InChI=1S/C18H35N3O2/c1-17(2,3)23-16(22)20-15-7-6-14(12-15)19-13-18(4)8-10-21(5)11-9-18/h14-15,19H,6-13H2,1-5H3,(H,20,22). The van der Waals surface area contributed by atoms with Gasteiger partial charge in [0.25, 0.3) is 0 Å². The molecular weight excluding hydrogens is 290 g/mol. The van der Waals surface area contributed by atoms with Crippen molar-refractivity contribution in [2.75, 3.05) is 26.7 Å². The van der Waals surface area contributed by atoms with Crippen molar-refractivity contribution in [2.45, 2.75) is 77.5 Å². The molecular formula is C18H35N3O2. The van der Waals surface area contributed by atoms with Gasteiger partial charge in [-0.15, -0.1) is 0 Å². The highest BCUT2D eigenvalue weighted by molar-refractivity contribution is 5.68. The van der Waals surface area contributed by atoms with Gasteiger partial charge in [-0.2, -0.15) is 0 Å². The molecule has 2 fully saturated rings. The van der Waals surface area contributed by atoms with E-state index in [4.69, 9.17) is 4.74 Å². The minimum Gasteiger partial charge on any atom is -0.444 e. The lowest BCUT2D eigenvalue weighted by Crippen LogP contribution is -2.44. The second-order valence-electron chi connectivity index (χ2n) is 8.85. The molecule has 2 aliphatic rings. The third-order valence-corrected chi connectivity index (χ3v) is 5.17. The summed E-state index contributed by atoms with van der Waals surface area (Å²) in [6, 6.07) is 0.763. The van der Waals surface area contributed by atoms with Gasteiger partial charge >= 0.3 is 6.09 Å². The van der Waals surface area contributed by atoms with Gasteiger partial charge < -0.3 is 20.3 Å². The number of hydrogen-bond donors (Lipinski definition) is 2. The molecule has 1 aliphatic carbocycles. The second kappa shape index (κ2) is 7.39. The van der Waals surface area contributed by atoms with E-state index < -0.39 is 5.60 Å². The van der Waals surface area contributed by atoms with Crippen molar-refractivity contribution in [3.8, 4) is 0 Å². The van der Waals surface area contributed by atoms with Gasteiger partial charge in [0.15, 0.2) is 0 Å². The maximum atomic E-state index is 11.8. The number of alkyl carbamates (subject to hydrolysis) is 1. The molecule has 0 aromatic carbocycles. The molecule has 2 rings (SSSR count). The zero-order valence-corrected chi connectivity index (χ0v) is 15.6. The van der Waals surface area contributed by atoms with Gasteiger partial charge in [-0.3, -0.25) is 0 Å². The van der Waals surface area contributed by atoms with E-state index in [0.717, 1.165) is 25.8 Å². The van der Waals surface area contributed by atoms with Gasteiger partial charge in [0.2, 0.25) is 0 Å². The van der Waals surface area contributed by atoms with E-state index in [1.165, 1.54) is 25.9 Å². The Morgan fingerprint density at radius 2 is 1.83 bits per heavy atom. The molecule has 2 N–H and O–H groups in total. The molecule has 2 atom stereocenters. The Labute approximate surface area is 141 Å². The van der Waals surface area contributed by atoms with Crippen LogP contribution in [0.3, 0.4) is 0 Å². The van der Waals surface area contributed by atoms with E-state index in [1.54, 1.807) is 0 Å². The van der Waals surface area contributed by atoms with Gasteiger partial charge in [0, 0.05) is 18.6 Å². The van der Waals surface area contributed by atoms with E-state index in [0.29, 0.717) is 11.5 Å². The highest BCUT2D eigenvalue weighted by Gasteiger charge is 2.32. The predicted molar refractivity (Wildman–Crippen MR) is 93.6 cm³/mol. The van der Waals surface area contributed by atoms with Crippen LogP contribution in [0.1, 0.15) is 59.8 Å². The van der Waals surface area contributed by atoms with E-state index in [1.807, 2.05) is 20.8 Å². The molecule has 5 heteroatoms. The van der Waals surface area contributed by atoms with Crippen molar-refractivity contribution >= 4 is 6.09 Å². The normalized spacial score (nSPS) is 28.6. The fraction of sp³-hybridized carbons (Fsp3) is 0.944. The Hall–Kier alpha value is -0.810. The Morgan fingerprint density at radius 1 is 1.22 bits per heavy atom. The Bertz CT molecular complexity index is 398. The van der Waals surface area contributed by atoms with Crippen molar-refractivity contribution in [3.63, 3.8) is 0 Å². The molecule has 2 unspecified atom stereocenters. The molecule has 0 radical (unpaired) electrons. The first-order chi connectivity index (χ1) is 10.7. The summed E-state index contributed by atoms with van der Waals surface area (Å²) >= 11 is 0. The van der Waals surface area contributed by atoms with Crippen molar-refractivity contribution in [1.82, 2.24) is 15.5 Å². The number of nitrogens with zero attached hydrogens (tertiary/aromatic N) is 1. The first kappa shape index (κ1) is 18.5. The van der Waals surface area contributed by atoms with E-state index in [-0.39, 0.29) is 12.1 Å². The molecule has 1 heterocycles. The lowest BCUT2D eigenvalue weighted by Gasteiger charge is -2.38. The minimum atomic E-state index is -0.428. The third-order valence-electron chi connectivity index (χ3n) is 5.17. The summed E-state index contributed by atoms with van der Waals surface area (Å²) in [5.74, 6) is 0. The number of ether oxygens (including phenoxy) is 1. The van der Waals surface area contributed by atoms with Crippen molar-refractivity contribution in [3.05, 3.63) is 0 Å². The molecule has 0 aromatic rings. The zero-order valence-electron chi connectivity index (χ0n) is 15.6. The highest BCUT2D eigenvalue weighted by Crippen LogP contribution is 2.30. The summed E-state index contributed by atoms with van der Waals surface area (Å²) in [4.78, 5) is 14.3. The smallest absolute Gasteiger partial charge is 0.407 e. The number of nitrogens with one attached hydrogen (secondary N) is 2. The average Bonchev–Trinajstić information content (AvgIpc) is 2.86. The average molecular weight is 325 g/mol. The molecule has 1 amide bonds. The van der Waals surface area contributed by atoms with Crippen LogP contribution >= 0.6 is 0 Å². The molecule has 1 aliphatic heterocycles. The number of hydrogen-bond acceptors (Lipinski definition) is 4. The molecule has 5 nitrogen and oxygen atoms in total. The predicted octanol–water partition coefficient (Wildman–Crippen LogP) is 2.75. The van der Waals surface area contributed by atoms with Crippen LogP contribution in [0, 0.1) is 5.41 Å². The lowest BCUT2D eigenvalue weighted by molar-refractivity contribution is 0.0505. The Morgan fingerprint density at radius 3 is 2.43 bits per heavy atom. The number of piperidine rings is 1. The quantitative estimate of drug-likeness (QED) is 0.834. The van der Waals surface area contributed by atoms with Gasteiger partial charge in [0.1, 0.15) is 5.60 Å². The van der Waals surface area contributed by atoms with Gasteiger partial charge in [-0.1, -0.05) is 6.92 Å². The fourth-order valence-corrected chi connectivity index (χ4v) is 3.50. The van der Waals surface area contributed by atoms with Crippen LogP contribution in [0.4, 0.5) is 4.79 Å². The van der Waals surface area contributed by atoms with Gasteiger partial charge in [0.05, 0.1) is 0 Å². The number of carbonyl (C=O) groups is 1. The summed E-state index contributed by atoms with van der Waals surface area (Å²) in [5, 5.41) is 6.76.